The van der Waals surface area contributed by atoms with Crippen molar-refractivity contribution in [3.05, 3.63) is 35.1 Å². The summed E-state index contributed by atoms with van der Waals surface area (Å²) in [6.45, 7) is 6.50. The van der Waals surface area contributed by atoms with Crippen LogP contribution in [0.15, 0.2) is 18.2 Å². The predicted molar refractivity (Wildman–Crippen MR) is 76.0 cm³/mol. The summed E-state index contributed by atoms with van der Waals surface area (Å²) < 4.78 is 13.9. The van der Waals surface area contributed by atoms with Crippen LogP contribution in [0.25, 0.3) is 0 Å². The van der Waals surface area contributed by atoms with Gasteiger partial charge in [0.15, 0.2) is 0 Å². The summed E-state index contributed by atoms with van der Waals surface area (Å²) in [4.78, 5) is 27.0. The van der Waals surface area contributed by atoms with Crippen LogP contribution in [0.5, 0.6) is 0 Å². The molecular weight excluding hydrogens is 259 g/mol. The van der Waals surface area contributed by atoms with Crippen LogP contribution < -0.4 is 0 Å². The smallest absolute Gasteiger partial charge is 0.257 e. The van der Waals surface area contributed by atoms with Gasteiger partial charge in [0.05, 0.1) is 12.1 Å². The van der Waals surface area contributed by atoms with Gasteiger partial charge in [-0.25, -0.2) is 4.39 Å². The van der Waals surface area contributed by atoms with Crippen LogP contribution in [0.1, 0.15) is 29.8 Å². The number of rotatable bonds is 5. The SMILES string of the molecule is CCN(CC)C(=O)CN(C)C(=O)c1cccc(C)c1F. The Hall–Kier alpha value is -1.91. The Morgan fingerprint density at radius 3 is 2.35 bits per heavy atom. The molecule has 0 unspecified atom stereocenters. The van der Waals surface area contributed by atoms with E-state index >= 15 is 0 Å². The Kier molecular flexibility index (Phi) is 5.67. The van der Waals surface area contributed by atoms with Crippen molar-refractivity contribution >= 4 is 11.8 Å². The van der Waals surface area contributed by atoms with Gasteiger partial charge in [-0.05, 0) is 32.4 Å². The van der Waals surface area contributed by atoms with Gasteiger partial charge in [0.25, 0.3) is 5.91 Å². The first-order valence-electron chi connectivity index (χ1n) is 6.70. The maximum atomic E-state index is 13.9. The summed E-state index contributed by atoms with van der Waals surface area (Å²) >= 11 is 0. The molecule has 1 aromatic rings. The molecule has 110 valence electrons. The Labute approximate surface area is 119 Å². The summed E-state index contributed by atoms with van der Waals surface area (Å²) in [6, 6.07) is 4.67. The molecule has 1 aromatic carbocycles. The van der Waals surface area contributed by atoms with E-state index in [4.69, 9.17) is 0 Å². The fraction of sp³-hybridized carbons (Fsp3) is 0.467. The van der Waals surface area contributed by atoms with Crippen LogP contribution >= 0.6 is 0 Å². The number of likely N-dealkylation sites (N-methyl/N-ethyl adjacent to an activating group) is 2. The van der Waals surface area contributed by atoms with E-state index in [0.717, 1.165) is 0 Å². The van der Waals surface area contributed by atoms with E-state index < -0.39 is 11.7 Å². The molecule has 4 nitrogen and oxygen atoms in total. The zero-order valence-electron chi connectivity index (χ0n) is 12.4. The lowest BCUT2D eigenvalue weighted by Gasteiger charge is -2.23. The van der Waals surface area contributed by atoms with Gasteiger partial charge in [0.2, 0.25) is 5.91 Å². The number of halogens is 1. The van der Waals surface area contributed by atoms with Crippen LogP contribution in [0.4, 0.5) is 4.39 Å². The predicted octanol–water partition coefficient (Wildman–Crippen LogP) is 2.07. The van der Waals surface area contributed by atoms with Crippen molar-refractivity contribution in [1.29, 1.82) is 0 Å². The van der Waals surface area contributed by atoms with E-state index in [1.165, 1.54) is 18.0 Å². The van der Waals surface area contributed by atoms with E-state index in [9.17, 15) is 14.0 Å². The van der Waals surface area contributed by atoms with E-state index in [-0.39, 0.29) is 18.0 Å². The number of carbonyl (C=O) groups is 2. The average molecular weight is 280 g/mol. The van der Waals surface area contributed by atoms with Crippen LogP contribution in [0, 0.1) is 12.7 Å². The number of amides is 2. The second-order valence-corrected chi connectivity index (χ2v) is 4.66. The molecule has 5 heteroatoms. The van der Waals surface area contributed by atoms with Crippen molar-refractivity contribution < 1.29 is 14.0 Å². The molecule has 20 heavy (non-hydrogen) atoms. The molecule has 0 saturated heterocycles. The van der Waals surface area contributed by atoms with Crippen molar-refractivity contribution in [3.8, 4) is 0 Å². The molecule has 1 rings (SSSR count). The highest BCUT2D eigenvalue weighted by Gasteiger charge is 2.20. The molecule has 0 aromatic heterocycles. The third-order valence-electron chi connectivity index (χ3n) is 3.26. The molecule has 0 saturated carbocycles. The number of aryl methyl sites for hydroxylation is 1. The lowest BCUT2D eigenvalue weighted by Crippen LogP contribution is -2.41. The Balaban J connectivity index is 2.82. The van der Waals surface area contributed by atoms with E-state index in [2.05, 4.69) is 0 Å². The van der Waals surface area contributed by atoms with Gasteiger partial charge in [-0.2, -0.15) is 0 Å². The van der Waals surface area contributed by atoms with Gasteiger partial charge in [-0.1, -0.05) is 12.1 Å². The maximum absolute atomic E-state index is 13.9. The number of nitrogens with zero attached hydrogens (tertiary/aromatic N) is 2. The van der Waals surface area contributed by atoms with Crippen LogP contribution in [0.3, 0.4) is 0 Å². The third kappa shape index (κ3) is 3.56. The average Bonchev–Trinajstić information content (AvgIpc) is 2.42. The second kappa shape index (κ2) is 7.03. The molecule has 0 N–H and O–H groups in total. The van der Waals surface area contributed by atoms with Crippen molar-refractivity contribution in [1.82, 2.24) is 9.80 Å². The molecule has 0 bridgehead atoms. The Morgan fingerprint density at radius 2 is 1.80 bits per heavy atom. The minimum atomic E-state index is -0.528. The van der Waals surface area contributed by atoms with Crippen molar-refractivity contribution in [2.24, 2.45) is 0 Å². The van der Waals surface area contributed by atoms with E-state index in [1.807, 2.05) is 13.8 Å². The summed E-state index contributed by atoms with van der Waals surface area (Å²) in [7, 11) is 1.51. The number of hydrogen-bond acceptors (Lipinski definition) is 2. The van der Waals surface area contributed by atoms with Crippen LogP contribution in [-0.2, 0) is 4.79 Å². The first kappa shape index (κ1) is 16.1. The van der Waals surface area contributed by atoms with Gasteiger partial charge >= 0.3 is 0 Å². The van der Waals surface area contributed by atoms with E-state index in [0.29, 0.717) is 18.7 Å². The highest BCUT2D eigenvalue weighted by atomic mass is 19.1. The van der Waals surface area contributed by atoms with Crippen LogP contribution in [0.2, 0.25) is 0 Å². The van der Waals surface area contributed by atoms with Gasteiger partial charge < -0.3 is 9.80 Å². The number of benzene rings is 1. The molecule has 0 aliphatic rings. The summed E-state index contributed by atoms with van der Waals surface area (Å²) in [6.07, 6.45) is 0. The largest absolute Gasteiger partial charge is 0.342 e. The highest BCUT2D eigenvalue weighted by molar-refractivity contribution is 5.96. The normalized spacial score (nSPS) is 10.2. The van der Waals surface area contributed by atoms with Crippen molar-refractivity contribution in [3.63, 3.8) is 0 Å². The van der Waals surface area contributed by atoms with Gasteiger partial charge in [0, 0.05) is 20.1 Å². The van der Waals surface area contributed by atoms with Gasteiger partial charge in [-0.3, -0.25) is 9.59 Å². The standard InChI is InChI=1S/C15H21FN2O2/c1-5-18(6-2)13(19)10-17(4)15(20)12-9-7-8-11(3)14(12)16/h7-9H,5-6,10H2,1-4H3. The molecule has 0 spiro atoms. The molecule has 0 fully saturated rings. The summed E-state index contributed by atoms with van der Waals surface area (Å²) in [5.41, 5.74) is 0.416. The topological polar surface area (TPSA) is 40.6 Å². The second-order valence-electron chi connectivity index (χ2n) is 4.66. The summed E-state index contributed by atoms with van der Waals surface area (Å²) in [5, 5.41) is 0. The molecule has 2 amide bonds. The molecule has 0 heterocycles. The minimum Gasteiger partial charge on any atom is -0.342 e. The van der Waals surface area contributed by atoms with E-state index in [1.54, 1.807) is 24.0 Å². The maximum Gasteiger partial charge on any atom is 0.257 e. The fourth-order valence-electron chi connectivity index (χ4n) is 1.97. The minimum absolute atomic E-state index is 0.000142. The molecule has 0 aliphatic heterocycles. The molecule has 0 radical (unpaired) electrons. The molecule has 0 aliphatic carbocycles. The summed E-state index contributed by atoms with van der Waals surface area (Å²) in [5.74, 6) is -1.15. The number of carbonyl (C=O) groups excluding carboxylic acids is 2. The van der Waals surface area contributed by atoms with Crippen LogP contribution in [-0.4, -0.2) is 48.3 Å². The molecule has 0 atom stereocenters. The van der Waals surface area contributed by atoms with Gasteiger partial charge in [-0.15, -0.1) is 0 Å². The first-order chi connectivity index (χ1) is 9.42. The third-order valence-corrected chi connectivity index (χ3v) is 3.26. The zero-order chi connectivity index (χ0) is 15.3. The van der Waals surface area contributed by atoms with Crippen molar-refractivity contribution in [2.45, 2.75) is 20.8 Å². The highest BCUT2D eigenvalue weighted by Crippen LogP contribution is 2.13. The fourth-order valence-corrected chi connectivity index (χ4v) is 1.97. The quantitative estimate of drug-likeness (QED) is 0.828. The Bertz CT molecular complexity index is 499. The zero-order valence-corrected chi connectivity index (χ0v) is 12.4. The van der Waals surface area contributed by atoms with Gasteiger partial charge in [0.1, 0.15) is 5.82 Å². The Morgan fingerprint density at radius 1 is 1.20 bits per heavy atom. The molecular formula is C15H21FN2O2. The monoisotopic (exact) mass is 280 g/mol. The number of hydrogen-bond donors (Lipinski definition) is 0. The lowest BCUT2D eigenvalue weighted by molar-refractivity contribution is -0.131. The van der Waals surface area contributed by atoms with Crippen molar-refractivity contribution in [2.75, 3.05) is 26.7 Å². The lowest BCUT2D eigenvalue weighted by atomic mass is 10.1. The first-order valence-corrected chi connectivity index (χ1v) is 6.70.